The van der Waals surface area contributed by atoms with Gasteiger partial charge in [-0.3, -0.25) is 4.79 Å². The fourth-order valence-electron chi connectivity index (χ4n) is 3.91. The number of amides is 1. The molecule has 0 spiro atoms. The Labute approximate surface area is 179 Å². The van der Waals surface area contributed by atoms with Gasteiger partial charge < -0.3 is 10.2 Å². The third-order valence-corrected chi connectivity index (χ3v) is 7.16. The van der Waals surface area contributed by atoms with Crippen molar-refractivity contribution in [1.29, 1.82) is 0 Å². The highest BCUT2D eigenvalue weighted by Gasteiger charge is 2.21. The van der Waals surface area contributed by atoms with Gasteiger partial charge in [-0.05, 0) is 49.9 Å². The largest absolute Gasteiger partial charge is 0.352 e. The van der Waals surface area contributed by atoms with E-state index in [1.807, 2.05) is 30.3 Å². The maximum absolute atomic E-state index is 12.6. The normalized spacial score (nSPS) is 19.4. The molecule has 1 aliphatic heterocycles. The first-order valence-corrected chi connectivity index (χ1v) is 12.2. The Hall–Kier alpha value is -2.22. The van der Waals surface area contributed by atoms with Crippen LogP contribution in [0.3, 0.4) is 0 Å². The SMILES string of the molecule is C[C@H]1CCCC[NH+]1CCCNC(=O)c1cccc(S(=O)(=O)NCc2ccccc2)c1. The lowest BCUT2D eigenvalue weighted by Gasteiger charge is -2.30. The molecular formula is C23H32N3O3S+. The van der Waals surface area contributed by atoms with Gasteiger partial charge in [-0.25, -0.2) is 13.1 Å². The molecule has 1 aliphatic rings. The van der Waals surface area contributed by atoms with Crippen LogP contribution in [0, 0.1) is 0 Å². The van der Waals surface area contributed by atoms with Gasteiger partial charge in [0.2, 0.25) is 10.0 Å². The number of quaternary nitrogens is 1. The molecule has 3 N–H and O–H groups in total. The summed E-state index contributed by atoms with van der Waals surface area (Å²) in [4.78, 5) is 14.2. The summed E-state index contributed by atoms with van der Waals surface area (Å²) in [5.41, 5.74) is 1.23. The highest BCUT2D eigenvalue weighted by molar-refractivity contribution is 7.89. The summed E-state index contributed by atoms with van der Waals surface area (Å²) in [6.07, 6.45) is 4.80. The number of hydrogen-bond donors (Lipinski definition) is 3. The van der Waals surface area contributed by atoms with Crippen molar-refractivity contribution in [2.75, 3.05) is 19.6 Å². The highest BCUT2D eigenvalue weighted by atomic mass is 32.2. The molecule has 1 unspecified atom stereocenters. The number of nitrogens with one attached hydrogen (secondary N) is 3. The number of sulfonamides is 1. The third-order valence-electron chi connectivity index (χ3n) is 5.76. The Morgan fingerprint density at radius 1 is 1.10 bits per heavy atom. The zero-order valence-electron chi connectivity index (χ0n) is 17.6. The second-order valence-electron chi connectivity index (χ2n) is 8.00. The minimum atomic E-state index is -3.69. The minimum Gasteiger partial charge on any atom is -0.352 e. The van der Waals surface area contributed by atoms with E-state index in [0.717, 1.165) is 18.5 Å². The zero-order chi connectivity index (χ0) is 21.4. The fourth-order valence-corrected chi connectivity index (χ4v) is 4.97. The molecular weight excluding hydrogens is 398 g/mol. The van der Waals surface area contributed by atoms with Crippen LogP contribution in [0.5, 0.6) is 0 Å². The van der Waals surface area contributed by atoms with Crippen LogP contribution in [0.1, 0.15) is 48.5 Å². The van der Waals surface area contributed by atoms with Gasteiger partial charge in [-0.1, -0.05) is 36.4 Å². The molecule has 3 rings (SSSR count). The van der Waals surface area contributed by atoms with Crippen LogP contribution < -0.4 is 14.9 Å². The second-order valence-corrected chi connectivity index (χ2v) is 9.77. The van der Waals surface area contributed by atoms with E-state index in [1.165, 1.54) is 37.9 Å². The number of hydrogen-bond acceptors (Lipinski definition) is 3. The fraction of sp³-hybridized carbons (Fsp3) is 0.435. The third kappa shape index (κ3) is 6.39. The molecule has 1 heterocycles. The smallest absolute Gasteiger partial charge is 0.251 e. The molecule has 0 radical (unpaired) electrons. The van der Waals surface area contributed by atoms with Crippen LogP contribution in [-0.4, -0.2) is 40.0 Å². The Balaban J connectivity index is 1.51. The maximum Gasteiger partial charge on any atom is 0.251 e. The molecule has 0 bridgehead atoms. The second kappa shape index (κ2) is 10.7. The molecule has 1 fully saturated rings. The highest BCUT2D eigenvalue weighted by Crippen LogP contribution is 2.12. The molecule has 30 heavy (non-hydrogen) atoms. The monoisotopic (exact) mass is 430 g/mol. The van der Waals surface area contributed by atoms with Gasteiger partial charge in [0.1, 0.15) is 0 Å². The van der Waals surface area contributed by atoms with E-state index in [0.29, 0.717) is 18.2 Å². The lowest BCUT2D eigenvalue weighted by atomic mass is 10.0. The Morgan fingerprint density at radius 3 is 2.67 bits per heavy atom. The summed E-state index contributed by atoms with van der Waals surface area (Å²) in [5, 5.41) is 2.92. The average Bonchev–Trinajstić information content (AvgIpc) is 2.77. The van der Waals surface area contributed by atoms with Crippen molar-refractivity contribution >= 4 is 15.9 Å². The summed E-state index contributed by atoms with van der Waals surface area (Å²) in [7, 11) is -3.69. The van der Waals surface area contributed by atoms with Crippen molar-refractivity contribution in [1.82, 2.24) is 10.0 Å². The van der Waals surface area contributed by atoms with Crippen molar-refractivity contribution in [3.05, 3.63) is 65.7 Å². The first-order valence-electron chi connectivity index (χ1n) is 10.7. The summed E-state index contributed by atoms with van der Waals surface area (Å²) in [6.45, 7) is 5.37. The van der Waals surface area contributed by atoms with E-state index in [-0.39, 0.29) is 17.3 Å². The number of piperidine rings is 1. The van der Waals surface area contributed by atoms with Crippen LogP contribution in [0.2, 0.25) is 0 Å². The molecule has 162 valence electrons. The van der Waals surface area contributed by atoms with Crippen molar-refractivity contribution < 1.29 is 18.1 Å². The van der Waals surface area contributed by atoms with Crippen LogP contribution in [0.15, 0.2) is 59.5 Å². The lowest BCUT2D eigenvalue weighted by Crippen LogP contribution is -3.16. The van der Waals surface area contributed by atoms with E-state index in [1.54, 1.807) is 17.0 Å². The average molecular weight is 431 g/mol. The number of carbonyl (C=O) groups excluding carboxylic acids is 1. The lowest BCUT2D eigenvalue weighted by molar-refractivity contribution is -0.928. The number of carbonyl (C=O) groups is 1. The first-order chi connectivity index (χ1) is 14.5. The number of rotatable bonds is 9. The molecule has 1 amide bonds. The van der Waals surface area contributed by atoms with Crippen molar-refractivity contribution in [2.24, 2.45) is 0 Å². The predicted octanol–water partition coefficient (Wildman–Crippen LogP) is 1.74. The Bertz CT molecular complexity index is 932. The summed E-state index contributed by atoms with van der Waals surface area (Å²) in [5.74, 6) is -0.239. The summed E-state index contributed by atoms with van der Waals surface area (Å²) >= 11 is 0. The van der Waals surface area contributed by atoms with Crippen LogP contribution >= 0.6 is 0 Å². The molecule has 7 heteroatoms. The Morgan fingerprint density at radius 2 is 1.90 bits per heavy atom. The van der Waals surface area contributed by atoms with E-state index >= 15 is 0 Å². The van der Waals surface area contributed by atoms with E-state index < -0.39 is 10.0 Å². The molecule has 2 aromatic rings. The molecule has 2 atom stereocenters. The van der Waals surface area contributed by atoms with E-state index in [9.17, 15) is 13.2 Å². The topological polar surface area (TPSA) is 79.7 Å². The quantitative estimate of drug-likeness (QED) is 0.530. The predicted molar refractivity (Wildman–Crippen MR) is 118 cm³/mol. The number of benzene rings is 2. The van der Waals surface area contributed by atoms with Crippen molar-refractivity contribution in [3.63, 3.8) is 0 Å². The molecule has 0 saturated carbocycles. The van der Waals surface area contributed by atoms with Crippen LogP contribution in [-0.2, 0) is 16.6 Å². The first kappa shape index (κ1) is 22.5. The van der Waals surface area contributed by atoms with Crippen LogP contribution in [0.25, 0.3) is 0 Å². The summed E-state index contributed by atoms with van der Waals surface area (Å²) < 4.78 is 27.8. The van der Waals surface area contributed by atoms with Crippen molar-refractivity contribution in [3.8, 4) is 0 Å². The van der Waals surface area contributed by atoms with Gasteiger partial charge in [0.25, 0.3) is 5.91 Å². The standard InChI is InChI=1S/C23H31N3O3S/c1-19-9-5-6-15-26(19)16-8-14-24-23(27)21-12-7-13-22(17-21)30(28,29)25-18-20-10-3-2-4-11-20/h2-4,7,10-13,17,19,25H,5-6,8-9,14-16,18H2,1H3,(H,24,27)/p+1/t19-/m0/s1. The van der Waals surface area contributed by atoms with Gasteiger partial charge in [-0.15, -0.1) is 0 Å². The van der Waals surface area contributed by atoms with Gasteiger partial charge in [0.15, 0.2) is 0 Å². The molecule has 1 saturated heterocycles. The van der Waals surface area contributed by atoms with Gasteiger partial charge >= 0.3 is 0 Å². The minimum absolute atomic E-state index is 0.0951. The van der Waals surface area contributed by atoms with E-state index in [2.05, 4.69) is 17.0 Å². The molecule has 0 aliphatic carbocycles. The zero-order valence-corrected chi connectivity index (χ0v) is 18.4. The van der Waals surface area contributed by atoms with Gasteiger partial charge in [0.05, 0.1) is 24.0 Å². The molecule has 2 aromatic carbocycles. The van der Waals surface area contributed by atoms with Crippen molar-refractivity contribution in [2.45, 2.75) is 50.1 Å². The Kier molecular flexibility index (Phi) is 8.01. The van der Waals surface area contributed by atoms with Gasteiger partial charge in [-0.2, -0.15) is 0 Å². The maximum atomic E-state index is 12.6. The molecule has 0 aromatic heterocycles. The van der Waals surface area contributed by atoms with Crippen LogP contribution in [0.4, 0.5) is 0 Å². The summed E-state index contributed by atoms with van der Waals surface area (Å²) in [6, 6.07) is 16.2. The van der Waals surface area contributed by atoms with E-state index in [4.69, 9.17) is 0 Å². The molecule has 6 nitrogen and oxygen atoms in total. The number of likely N-dealkylation sites (tertiary alicyclic amines) is 1. The van der Waals surface area contributed by atoms with Gasteiger partial charge in [0, 0.05) is 25.1 Å².